The van der Waals surface area contributed by atoms with Crippen molar-refractivity contribution in [1.29, 1.82) is 0 Å². The highest BCUT2D eigenvalue weighted by Crippen LogP contribution is 2.35. The number of amides is 2. The molecule has 2 rings (SSSR count). The van der Waals surface area contributed by atoms with E-state index in [0.29, 0.717) is 11.3 Å². The van der Waals surface area contributed by atoms with Gasteiger partial charge in [-0.05, 0) is 35.0 Å². The van der Waals surface area contributed by atoms with Crippen molar-refractivity contribution in [2.24, 2.45) is 0 Å². The summed E-state index contributed by atoms with van der Waals surface area (Å²) < 4.78 is 5.76. The van der Waals surface area contributed by atoms with Gasteiger partial charge in [0.05, 0.1) is 22.5 Å². The van der Waals surface area contributed by atoms with Gasteiger partial charge >= 0.3 is 12.0 Å². The third kappa shape index (κ3) is 2.52. The lowest BCUT2D eigenvalue weighted by Crippen LogP contribution is -2.45. The number of nitrogens with one attached hydrogen (secondary N) is 1. The largest absolute Gasteiger partial charge is 0.466 e. The fourth-order valence-electron chi connectivity index (χ4n) is 1.91. The monoisotopic (exact) mass is 344 g/mol. The van der Waals surface area contributed by atoms with E-state index in [9.17, 15) is 9.59 Å². The molecular formula is C12H13BrN2O3S. The number of methoxy groups -OCH3 is 1. The summed E-state index contributed by atoms with van der Waals surface area (Å²) in [6.45, 7) is 1.74. The molecule has 7 heteroatoms. The number of rotatable bonds is 2. The molecule has 2 heterocycles. The molecule has 19 heavy (non-hydrogen) atoms. The smallest absolute Gasteiger partial charge is 0.338 e. The van der Waals surface area contributed by atoms with E-state index < -0.39 is 12.0 Å². The molecule has 0 bridgehead atoms. The van der Waals surface area contributed by atoms with Gasteiger partial charge in [0.15, 0.2) is 0 Å². The van der Waals surface area contributed by atoms with Crippen LogP contribution in [0.5, 0.6) is 0 Å². The number of esters is 1. The standard InChI is InChI=1S/C12H13BrN2O3S/c1-6-9(11(16)18-3)10(14-12(17)15(6)2)7-4-5-8(13)19-7/h4-5,10H,1-3H3,(H,14,17)/t10-/m1/s1. The molecule has 1 N–H and O–H groups in total. The van der Waals surface area contributed by atoms with Crippen molar-refractivity contribution in [2.45, 2.75) is 13.0 Å². The van der Waals surface area contributed by atoms with Gasteiger partial charge in [-0.25, -0.2) is 9.59 Å². The van der Waals surface area contributed by atoms with Crippen molar-refractivity contribution in [2.75, 3.05) is 14.2 Å². The Morgan fingerprint density at radius 3 is 2.74 bits per heavy atom. The highest BCUT2D eigenvalue weighted by atomic mass is 79.9. The van der Waals surface area contributed by atoms with Crippen LogP contribution in [0.2, 0.25) is 0 Å². The first kappa shape index (κ1) is 14.1. The second kappa shape index (κ2) is 5.34. The molecular weight excluding hydrogens is 332 g/mol. The zero-order chi connectivity index (χ0) is 14.2. The number of allylic oxidation sites excluding steroid dienone is 1. The summed E-state index contributed by atoms with van der Waals surface area (Å²) in [5, 5.41) is 2.81. The maximum absolute atomic E-state index is 12.0. The molecule has 0 fully saturated rings. The summed E-state index contributed by atoms with van der Waals surface area (Å²) in [6, 6.07) is 3.06. The number of urea groups is 1. The third-order valence-electron chi connectivity index (χ3n) is 3.04. The molecule has 0 spiro atoms. The predicted molar refractivity (Wildman–Crippen MR) is 75.8 cm³/mol. The lowest BCUT2D eigenvalue weighted by molar-refractivity contribution is -0.136. The van der Waals surface area contributed by atoms with Gasteiger partial charge in [0.2, 0.25) is 0 Å². The number of halogens is 1. The van der Waals surface area contributed by atoms with Gasteiger partial charge in [-0.15, -0.1) is 11.3 Å². The Morgan fingerprint density at radius 1 is 1.53 bits per heavy atom. The Balaban J connectivity index is 2.51. The summed E-state index contributed by atoms with van der Waals surface area (Å²) in [5.74, 6) is -0.432. The van der Waals surface area contributed by atoms with Crippen LogP contribution in [0.4, 0.5) is 4.79 Å². The van der Waals surface area contributed by atoms with E-state index in [1.54, 1.807) is 14.0 Å². The molecule has 1 aliphatic rings. The number of carbonyl (C=O) groups excluding carboxylic acids is 2. The average Bonchev–Trinajstić information content (AvgIpc) is 2.81. The van der Waals surface area contributed by atoms with Gasteiger partial charge < -0.3 is 15.0 Å². The lowest BCUT2D eigenvalue weighted by Gasteiger charge is -2.32. The minimum absolute atomic E-state index is 0.236. The molecule has 102 valence electrons. The molecule has 0 radical (unpaired) electrons. The molecule has 1 aliphatic heterocycles. The van der Waals surface area contributed by atoms with Crippen molar-refractivity contribution >= 4 is 39.3 Å². The Bertz CT molecular complexity index is 567. The minimum atomic E-state index is -0.465. The number of ether oxygens (including phenoxy) is 1. The highest BCUT2D eigenvalue weighted by molar-refractivity contribution is 9.11. The van der Waals surface area contributed by atoms with E-state index in [1.807, 2.05) is 12.1 Å². The fraction of sp³-hybridized carbons (Fsp3) is 0.333. The number of nitrogens with zero attached hydrogens (tertiary/aromatic N) is 1. The lowest BCUT2D eigenvalue weighted by atomic mass is 10.0. The van der Waals surface area contributed by atoms with E-state index >= 15 is 0 Å². The Hall–Kier alpha value is -1.34. The molecule has 0 aliphatic carbocycles. The molecule has 2 amide bonds. The molecule has 1 aromatic heterocycles. The maximum atomic E-state index is 12.0. The fourth-order valence-corrected chi connectivity index (χ4v) is 3.39. The van der Waals surface area contributed by atoms with Crippen molar-refractivity contribution < 1.29 is 14.3 Å². The van der Waals surface area contributed by atoms with E-state index in [0.717, 1.165) is 8.66 Å². The SMILES string of the molecule is COC(=O)C1=C(C)N(C)C(=O)N[C@@H]1c1ccc(Br)s1. The molecule has 0 saturated heterocycles. The van der Waals surface area contributed by atoms with Gasteiger partial charge in [-0.3, -0.25) is 0 Å². The Morgan fingerprint density at radius 2 is 2.21 bits per heavy atom. The normalized spacial score (nSPS) is 19.5. The molecule has 5 nitrogen and oxygen atoms in total. The molecule has 1 aromatic rings. The van der Waals surface area contributed by atoms with Crippen LogP contribution in [0.1, 0.15) is 17.8 Å². The molecule has 1 atom stereocenters. The van der Waals surface area contributed by atoms with Crippen LogP contribution in [0.25, 0.3) is 0 Å². The van der Waals surface area contributed by atoms with Gasteiger partial charge in [0.25, 0.3) is 0 Å². The van der Waals surface area contributed by atoms with E-state index in [-0.39, 0.29) is 6.03 Å². The molecule has 0 saturated carbocycles. The number of hydrogen-bond acceptors (Lipinski definition) is 4. The molecule has 0 aromatic carbocycles. The zero-order valence-corrected chi connectivity index (χ0v) is 13.1. The first-order valence-electron chi connectivity index (χ1n) is 5.54. The van der Waals surface area contributed by atoms with Crippen molar-refractivity contribution in [1.82, 2.24) is 10.2 Å². The second-order valence-electron chi connectivity index (χ2n) is 4.07. The number of carbonyl (C=O) groups is 2. The van der Waals surface area contributed by atoms with Crippen LogP contribution < -0.4 is 5.32 Å². The predicted octanol–water partition coefficient (Wildman–Crippen LogP) is 2.65. The molecule has 0 unspecified atom stereocenters. The van der Waals surface area contributed by atoms with Crippen LogP contribution in [-0.2, 0) is 9.53 Å². The minimum Gasteiger partial charge on any atom is -0.466 e. The summed E-state index contributed by atoms with van der Waals surface area (Å²) in [5.41, 5.74) is 1.06. The van der Waals surface area contributed by atoms with Crippen molar-refractivity contribution in [3.63, 3.8) is 0 Å². The quantitative estimate of drug-likeness (QED) is 0.839. The summed E-state index contributed by atoms with van der Waals surface area (Å²) in [7, 11) is 2.95. The first-order chi connectivity index (χ1) is 8.95. The summed E-state index contributed by atoms with van der Waals surface area (Å²) in [6.07, 6.45) is 0. The number of thiophene rings is 1. The van der Waals surface area contributed by atoms with Gasteiger partial charge in [0, 0.05) is 17.6 Å². The Kier molecular flexibility index (Phi) is 3.96. The first-order valence-corrected chi connectivity index (χ1v) is 7.15. The van der Waals surface area contributed by atoms with Crippen LogP contribution in [0.15, 0.2) is 27.2 Å². The van der Waals surface area contributed by atoms with E-state index in [2.05, 4.69) is 21.2 Å². The number of hydrogen-bond donors (Lipinski definition) is 1. The van der Waals surface area contributed by atoms with E-state index in [4.69, 9.17) is 4.74 Å². The van der Waals surface area contributed by atoms with Crippen LogP contribution >= 0.6 is 27.3 Å². The van der Waals surface area contributed by atoms with Crippen LogP contribution in [-0.4, -0.2) is 31.1 Å². The highest BCUT2D eigenvalue weighted by Gasteiger charge is 2.35. The maximum Gasteiger partial charge on any atom is 0.338 e. The third-order valence-corrected chi connectivity index (χ3v) is 4.73. The summed E-state index contributed by atoms with van der Waals surface area (Å²) >= 11 is 4.85. The van der Waals surface area contributed by atoms with Crippen LogP contribution in [0.3, 0.4) is 0 Å². The van der Waals surface area contributed by atoms with Crippen molar-refractivity contribution in [3.8, 4) is 0 Å². The Labute approximate surface area is 123 Å². The van der Waals surface area contributed by atoms with Gasteiger partial charge in [0.1, 0.15) is 0 Å². The summed E-state index contributed by atoms with van der Waals surface area (Å²) in [4.78, 5) is 26.1. The average molecular weight is 345 g/mol. The topological polar surface area (TPSA) is 58.6 Å². The van der Waals surface area contributed by atoms with Crippen LogP contribution in [0, 0.1) is 0 Å². The van der Waals surface area contributed by atoms with Gasteiger partial charge in [-0.1, -0.05) is 0 Å². The van der Waals surface area contributed by atoms with Gasteiger partial charge in [-0.2, -0.15) is 0 Å². The van der Waals surface area contributed by atoms with E-state index in [1.165, 1.54) is 23.3 Å². The van der Waals surface area contributed by atoms with Crippen molar-refractivity contribution in [3.05, 3.63) is 32.1 Å². The zero-order valence-electron chi connectivity index (χ0n) is 10.7. The second-order valence-corrected chi connectivity index (χ2v) is 6.57.